The highest BCUT2D eigenvalue weighted by molar-refractivity contribution is 6.31. The maximum absolute atomic E-state index is 6.18. The van der Waals surface area contributed by atoms with Crippen molar-refractivity contribution in [3.05, 3.63) is 53.1 Å². The minimum Gasteiger partial charge on any atom is -0.382 e. The Morgan fingerprint density at radius 2 is 1.91 bits per heavy atom. The van der Waals surface area contributed by atoms with Gasteiger partial charge in [0.15, 0.2) is 0 Å². The average Bonchev–Trinajstić information content (AvgIpc) is 2.90. The molecule has 0 unspecified atom stereocenters. The Kier molecular flexibility index (Phi) is 4.99. The minimum absolute atomic E-state index is 0.735. The number of hydrogen-bond acceptors (Lipinski definition) is 2. The molecule has 0 fully saturated rings. The van der Waals surface area contributed by atoms with Gasteiger partial charge in [0.25, 0.3) is 0 Å². The molecule has 0 saturated heterocycles. The largest absolute Gasteiger partial charge is 0.382 e. The molecule has 2 aromatic carbocycles. The van der Waals surface area contributed by atoms with Crippen molar-refractivity contribution in [2.45, 2.75) is 26.8 Å². The van der Waals surface area contributed by atoms with E-state index in [-0.39, 0.29) is 0 Å². The molecule has 3 rings (SSSR count). The van der Waals surface area contributed by atoms with Crippen LogP contribution in [0.25, 0.3) is 22.4 Å². The van der Waals surface area contributed by atoms with E-state index >= 15 is 0 Å². The van der Waals surface area contributed by atoms with Gasteiger partial charge >= 0.3 is 0 Å². The third-order valence-electron chi connectivity index (χ3n) is 3.89. The summed E-state index contributed by atoms with van der Waals surface area (Å²) in [5, 5.41) is 0.735. The number of halogens is 1. The zero-order valence-electron chi connectivity index (χ0n) is 13.6. The Balaban J connectivity index is 2.02. The predicted molar refractivity (Wildman–Crippen MR) is 96.0 cm³/mol. The second-order valence-electron chi connectivity index (χ2n) is 5.64. The number of ether oxygens (including phenoxy) is 1. The van der Waals surface area contributed by atoms with Crippen LogP contribution in [0.1, 0.15) is 18.9 Å². The fourth-order valence-electron chi connectivity index (χ4n) is 2.71. The molecule has 0 aliphatic carbocycles. The van der Waals surface area contributed by atoms with E-state index in [1.165, 1.54) is 5.56 Å². The molecule has 3 nitrogen and oxygen atoms in total. The third-order valence-corrected chi connectivity index (χ3v) is 4.13. The van der Waals surface area contributed by atoms with Gasteiger partial charge in [-0.1, -0.05) is 41.4 Å². The molecule has 1 aromatic heterocycles. The van der Waals surface area contributed by atoms with Gasteiger partial charge in [0.05, 0.1) is 11.0 Å². The molecule has 0 amide bonds. The maximum atomic E-state index is 6.18. The number of hydrogen-bond donors (Lipinski definition) is 0. The highest BCUT2D eigenvalue weighted by atomic mass is 35.5. The van der Waals surface area contributed by atoms with Gasteiger partial charge in [-0.3, -0.25) is 0 Å². The topological polar surface area (TPSA) is 27.1 Å². The smallest absolute Gasteiger partial charge is 0.141 e. The summed E-state index contributed by atoms with van der Waals surface area (Å²) >= 11 is 6.18. The molecular formula is C19H21ClN2O. The number of fused-ring (bicyclic) bond motifs is 1. The van der Waals surface area contributed by atoms with Gasteiger partial charge in [-0.2, -0.15) is 0 Å². The second kappa shape index (κ2) is 7.16. The van der Waals surface area contributed by atoms with Crippen LogP contribution in [0, 0.1) is 6.92 Å². The first-order valence-corrected chi connectivity index (χ1v) is 8.37. The van der Waals surface area contributed by atoms with Gasteiger partial charge in [0.2, 0.25) is 0 Å². The van der Waals surface area contributed by atoms with E-state index in [1.807, 2.05) is 25.1 Å². The van der Waals surface area contributed by atoms with E-state index in [2.05, 4.69) is 35.8 Å². The van der Waals surface area contributed by atoms with E-state index < -0.39 is 0 Å². The zero-order valence-corrected chi connectivity index (χ0v) is 14.3. The zero-order chi connectivity index (χ0) is 16.2. The predicted octanol–water partition coefficient (Wildman–Crippen LogP) is 5.09. The molecule has 4 heteroatoms. The Bertz CT molecular complexity index is 793. The second-order valence-corrected chi connectivity index (χ2v) is 6.07. The molecule has 120 valence electrons. The molecule has 0 radical (unpaired) electrons. The lowest BCUT2D eigenvalue weighted by Gasteiger charge is -2.10. The summed E-state index contributed by atoms with van der Waals surface area (Å²) in [6, 6.07) is 14.3. The van der Waals surface area contributed by atoms with Gasteiger partial charge in [0.1, 0.15) is 5.82 Å². The van der Waals surface area contributed by atoms with Gasteiger partial charge in [-0.15, -0.1) is 0 Å². The molecule has 0 atom stereocenters. The molecule has 0 saturated carbocycles. The normalized spacial score (nSPS) is 11.3. The molecule has 23 heavy (non-hydrogen) atoms. The number of nitrogens with zero attached hydrogens (tertiary/aromatic N) is 2. The van der Waals surface area contributed by atoms with Crippen LogP contribution < -0.4 is 0 Å². The lowest BCUT2D eigenvalue weighted by molar-refractivity contribution is 0.142. The summed E-state index contributed by atoms with van der Waals surface area (Å²) in [5.41, 5.74) is 4.42. The molecule has 0 bridgehead atoms. The number of aryl methyl sites for hydroxylation is 2. The van der Waals surface area contributed by atoms with E-state index in [1.54, 1.807) is 0 Å². The summed E-state index contributed by atoms with van der Waals surface area (Å²) in [4.78, 5) is 4.82. The van der Waals surface area contributed by atoms with Crippen molar-refractivity contribution in [2.75, 3.05) is 13.2 Å². The maximum Gasteiger partial charge on any atom is 0.141 e. The quantitative estimate of drug-likeness (QED) is 0.589. The van der Waals surface area contributed by atoms with Gasteiger partial charge in [-0.25, -0.2) is 4.98 Å². The van der Waals surface area contributed by atoms with Crippen LogP contribution in [-0.4, -0.2) is 22.8 Å². The lowest BCUT2D eigenvalue weighted by atomic mass is 10.1. The fourth-order valence-corrected chi connectivity index (χ4v) is 2.88. The first-order valence-electron chi connectivity index (χ1n) is 7.99. The van der Waals surface area contributed by atoms with E-state index in [0.29, 0.717) is 0 Å². The highest BCUT2D eigenvalue weighted by Crippen LogP contribution is 2.27. The van der Waals surface area contributed by atoms with Crippen molar-refractivity contribution in [1.82, 2.24) is 9.55 Å². The minimum atomic E-state index is 0.735. The van der Waals surface area contributed by atoms with Crippen molar-refractivity contribution < 1.29 is 4.74 Å². The van der Waals surface area contributed by atoms with Crippen LogP contribution in [0.3, 0.4) is 0 Å². The van der Waals surface area contributed by atoms with Crippen LogP contribution in [0.15, 0.2) is 42.5 Å². The van der Waals surface area contributed by atoms with Crippen LogP contribution in [0.5, 0.6) is 0 Å². The standard InChI is InChI=1S/C19H21ClN2O/c1-3-23-12-4-11-22-18-13-16(20)9-10-17(18)21-19(22)15-7-5-14(2)6-8-15/h5-10,13H,3-4,11-12H2,1-2H3. The monoisotopic (exact) mass is 328 g/mol. The van der Waals surface area contributed by atoms with E-state index in [4.69, 9.17) is 21.3 Å². The highest BCUT2D eigenvalue weighted by Gasteiger charge is 2.12. The Morgan fingerprint density at radius 3 is 2.65 bits per heavy atom. The molecule has 0 aliphatic heterocycles. The van der Waals surface area contributed by atoms with Crippen molar-refractivity contribution in [1.29, 1.82) is 0 Å². The number of imidazole rings is 1. The van der Waals surface area contributed by atoms with Gasteiger partial charge in [-0.05, 0) is 38.5 Å². The summed E-state index contributed by atoms with van der Waals surface area (Å²) in [6.45, 7) is 6.48. The SMILES string of the molecule is CCOCCCn1c(-c2ccc(C)cc2)nc2ccc(Cl)cc21. The summed E-state index contributed by atoms with van der Waals surface area (Å²) in [7, 11) is 0. The van der Waals surface area contributed by atoms with Gasteiger partial charge in [0, 0.05) is 30.3 Å². The first-order chi connectivity index (χ1) is 11.2. The van der Waals surface area contributed by atoms with Gasteiger partial charge < -0.3 is 9.30 Å². The number of aromatic nitrogens is 2. The van der Waals surface area contributed by atoms with E-state index in [9.17, 15) is 0 Å². The summed E-state index contributed by atoms with van der Waals surface area (Å²) < 4.78 is 7.71. The van der Waals surface area contributed by atoms with Crippen molar-refractivity contribution in [3.8, 4) is 11.4 Å². The third kappa shape index (κ3) is 3.57. The number of benzene rings is 2. The van der Waals surface area contributed by atoms with Crippen molar-refractivity contribution >= 4 is 22.6 Å². The van der Waals surface area contributed by atoms with E-state index in [0.717, 1.165) is 53.6 Å². The summed E-state index contributed by atoms with van der Waals surface area (Å²) in [5.74, 6) is 0.985. The summed E-state index contributed by atoms with van der Waals surface area (Å²) in [6.07, 6.45) is 0.949. The average molecular weight is 329 g/mol. The Morgan fingerprint density at radius 1 is 1.13 bits per heavy atom. The Hall–Kier alpha value is -1.84. The Labute approximate surface area is 141 Å². The van der Waals surface area contributed by atoms with Crippen molar-refractivity contribution in [3.63, 3.8) is 0 Å². The molecule has 0 N–H and O–H groups in total. The molecule has 0 spiro atoms. The first kappa shape index (κ1) is 16.0. The molecule has 3 aromatic rings. The van der Waals surface area contributed by atoms with Crippen LogP contribution in [0.2, 0.25) is 5.02 Å². The van der Waals surface area contributed by atoms with Crippen LogP contribution in [0.4, 0.5) is 0 Å². The van der Waals surface area contributed by atoms with Crippen molar-refractivity contribution in [2.24, 2.45) is 0 Å². The lowest BCUT2D eigenvalue weighted by Crippen LogP contribution is -2.04. The number of rotatable bonds is 6. The molecule has 1 heterocycles. The molecular weight excluding hydrogens is 308 g/mol. The van der Waals surface area contributed by atoms with Crippen LogP contribution >= 0.6 is 11.6 Å². The fraction of sp³-hybridized carbons (Fsp3) is 0.316. The van der Waals surface area contributed by atoms with Crippen LogP contribution in [-0.2, 0) is 11.3 Å². The molecule has 0 aliphatic rings.